The Labute approximate surface area is 111 Å². The van der Waals surface area contributed by atoms with Crippen molar-refractivity contribution in [2.75, 3.05) is 0 Å². The van der Waals surface area contributed by atoms with E-state index < -0.39 is 15.3 Å². The van der Waals surface area contributed by atoms with Crippen molar-refractivity contribution in [3.8, 4) is 0 Å². The molecule has 0 unspecified atom stereocenters. The SMILES string of the molecule is O=C(Cl)c1ccc(S(=O)(=O)NC2CCCC2)cc1. The van der Waals surface area contributed by atoms with E-state index in [1.54, 1.807) is 0 Å². The summed E-state index contributed by atoms with van der Waals surface area (Å²) in [5.41, 5.74) is 0.288. The predicted octanol–water partition coefficient (Wildman–Crippen LogP) is 2.29. The van der Waals surface area contributed by atoms with Gasteiger partial charge in [0.05, 0.1) is 4.90 Å². The molecule has 1 saturated carbocycles. The molecular weight excluding hydrogens is 274 g/mol. The Morgan fingerprint density at radius 2 is 1.72 bits per heavy atom. The minimum atomic E-state index is -3.49. The summed E-state index contributed by atoms with van der Waals surface area (Å²) < 4.78 is 26.8. The number of nitrogens with one attached hydrogen (secondary N) is 1. The van der Waals surface area contributed by atoms with Gasteiger partial charge in [0.2, 0.25) is 10.0 Å². The zero-order valence-corrected chi connectivity index (χ0v) is 11.3. The van der Waals surface area contributed by atoms with E-state index in [4.69, 9.17) is 11.6 Å². The Bertz CT molecular complexity index is 533. The first-order chi connectivity index (χ1) is 8.49. The minimum absolute atomic E-state index is 0.0318. The average Bonchev–Trinajstić information content (AvgIpc) is 2.81. The number of halogens is 1. The molecule has 0 saturated heterocycles. The number of carbonyl (C=O) groups is 1. The van der Waals surface area contributed by atoms with Gasteiger partial charge in [-0.3, -0.25) is 4.79 Å². The first kappa shape index (κ1) is 13.5. The van der Waals surface area contributed by atoms with Crippen LogP contribution in [0.2, 0.25) is 0 Å². The molecule has 0 heterocycles. The van der Waals surface area contributed by atoms with Crippen LogP contribution in [0.3, 0.4) is 0 Å². The lowest BCUT2D eigenvalue weighted by Gasteiger charge is -2.12. The van der Waals surface area contributed by atoms with Crippen LogP contribution in [-0.2, 0) is 10.0 Å². The summed E-state index contributed by atoms with van der Waals surface area (Å²) in [4.78, 5) is 11.0. The van der Waals surface area contributed by atoms with Gasteiger partial charge in [0.25, 0.3) is 5.24 Å². The molecule has 1 aliphatic rings. The molecule has 0 amide bonds. The summed E-state index contributed by atoms with van der Waals surface area (Å²) in [5, 5.41) is -0.595. The second-order valence-corrected chi connectivity index (χ2v) is 6.46. The van der Waals surface area contributed by atoms with Gasteiger partial charge >= 0.3 is 0 Å². The van der Waals surface area contributed by atoms with Gasteiger partial charge in [-0.25, -0.2) is 13.1 Å². The summed E-state index contributed by atoms with van der Waals surface area (Å²) >= 11 is 5.30. The lowest BCUT2D eigenvalue weighted by molar-refractivity contribution is 0.108. The Morgan fingerprint density at radius 1 is 1.17 bits per heavy atom. The Balaban J connectivity index is 2.16. The van der Waals surface area contributed by atoms with E-state index >= 15 is 0 Å². The fourth-order valence-electron chi connectivity index (χ4n) is 2.10. The number of carbonyl (C=O) groups excluding carboxylic acids is 1. The topological polar surface area (TPSA) is 63.2 Å². The molecule has 6 heteroatoms. The summed E-state index contributed by atoms with van der Waals surface area (Å²) in [6.07, 6.45) is 3.90. The number of rotatable bonds is 4. The van der Waals surface area contributed by atoms with Crippen LogP contribution in [0.1, 0.15) is 36.0 Å². The Morgan fingerprint density at radius 3 is 2.22 bits per heavy atom. The third kappa shape index (κ3) is 3.10. The largest absolute Gasteiger partial charge is 0.276 e. The number of hydrogen-bond donors (Lipinski definition) is 1. The van der Waals surface area contributed by atoms with Gasteiger partial charge in [0, 0.05) is 11.6 Å². The normalized spacial score (nSPS) is 16.9. The van der Waals surface area contributed by atoms with E-state index in [2.05, 4.69) is 4.72 Å². The summed E-state index contributed by atoms with van der Waals surface area (Å²) in [5.74, 6) is 0. The molecule has 0 aromatic heterocycles. The van der Waals surface area contributed by atoms with Gasteiger partial charge < -0.3 is 0 Å². The van der Waals surface area contributed by atoms with Crippen molar-refractivity contribution in [3.63, 3.8) is 0 Å². The van der Waals surface area contributed by atoms with E-state index in [1.807, 2.05) is 0 Å². The molecule has 18 heavy (non-hydrogen) atoms. The van der Waals surface area contributed by atoms with Gasteiger partial charge in [-0.1, -0.05) is 12.8 Å². The number of hydrogen-bond acceptors (Lipinski definition) is 3. The highest BCUT2D eigenvalue weighted by molar-refractivity contribution is 7.89. The van der Waals surface area contributed by atoms with Crippen LogP contribution >= 0.6 is 11.6 Å². The van der Waals surface area contributed by atoms with Gasteiger partial charge in [-0.05, 0) is 48.7 Å². The fraction of sp³-hybridized carbons (Fsp3) is 0.417. The lowest BCUT2D eigenvalue weighted by atomic mass is 10.2. The minimum Gasteiger partial charge on any atom is -0.276 e. The first-order valence-corrected chi connectivity index (χ1v) is 7.67. The summed E-state index contributed by atoms with van der Waals surface area (Å²) in [6, 6.07) is 5.65. The summed E-state index contributed by atoms with van der Waals surface area (Å²) in [7, 11) is -3.49. The maximum atomic E-state index is 12.0. The molecule has 0 spiro atoms. The maximum absolute atomic E-state index is 12.0. The van der Waals surface area contributed by atoms with E-state index in [1.165, 1.54) is 24.3 Å². The Kier molecular flexibility index (Phi) is 4.04. The lowest BCUT2D eigenvalue weighted by Crippen LogP contribution is -2.32. The predicted molar refractivity (Wildman–Crippen MR) is 69.2 cm³/mol. The molecule has 1 N–H and O–H groups in total. The van der Waals surface area contributed by atoms with E-state index in [9.17, 15) is 13.2 Å². The van der Waals surface area contributed by atoms with Crippen LogP contribution < -0.4 is 4.72 Å². The van der Waals surface area contributed by atoms with Crippen molar-refractivity contribution in [1.29, 1.82) is 0 Å². The van der Waals surface area contributed by atoms with Gasteiger partial charge in [-0.2, -0.15) is 0 Å². The average molecular weight is 288 g/mol. The third-order valence-electron chi connectivity index (χ3n) is 3.07. The van der Waals surface area contributed by atoms with Crippen molar-refractivity contribution in [2.45, 2.75) is 36.6 Å². The molecule has 0 aliphatic heterocycles. The van der Waals surface area contributed by atoms with Crippen molar-refractivity contribution in [1.82, 2.24) is 4.72 Å². The summed E-state index contributed by atoms with van der Waals surface area (Å²) in [6.45, 7) is 0. The van der Waals surface area contributed by atoms with Crippen LogP contribution in [0.4, 0.5) is 0 Å². The maximum Gasteiger partial charge on any atom is 0.252 e. The van der Waals surface area contributed by atoms with E-state index in [-0.39, 0.29) is 16.5 Å². The quantitative estimate of drug-likeness (QED) is 0.864. The molecule has 1 aliphatic carbocycles. The van der Waals surface area contributed by atoms with Crippen LogP contribution in [0.15, 0.2) is 29.2 Å². The number of benzene rings is 1. The molecule has 0 radical (unpaired) electrons. The van der Waals surface area contributed by atoms with E-state index in [0.717, 1.165) is 25.7 Å². The van der Waals surface area contributed by atoms with Crippen molar-refractivity contribution in [3.05, 3.63) is 29.8 Å². The second-order valence-electron chi connectivity index (χ2n) is 4.40. The smallest absolute Gasteiger partial charge is 0.252 e. The van der Waals surface area contributed by atoms with Gasteiger partial charge in [0.15, 0.2) is 0 Å². The highest BCUT2D eigenvalue weighted by atomic mass is 35.5. The van der Waals surface area contributed by atoms with Crippen LogP contribution in [0, 0.1) is 0 Å². The van der Waals surface area contributed by atoms with Crippen LogP contribution in [0.25, 0.3) is 0 Å². The molecule has 98 valence electrons. The monoisotopic (exact) mass is 287 g/mol. The zero-order valence-electron chi connectivity index (χ0n) is 9.73. The second kappa shape index (κ2) is 5.38. The van der Waals surface area contributed by atoms with Crippen molar-refractivity contribution in [2.24, 2.45) is 0 Å². The Hall–Kier alpha value is -0.910. The van der Waals surface area contributed by atoms with Crippen molar-refractivity contribution >= 4 is 26.9 Å². The zero-order chi connectivity index (χ0) is 13.2. The molecule has 0 bridgehead atoms. The van der Waals surface area contributed by atoms with E-state index in [0.29, 0.717) is 0 Å². The molecule has 0 atom stereocenters. The van der Waals surface area contributed by atoms with Crippen LogP contribution in [0.5, 0.6) is 0 Å². The standard InChI is InChI=1S/C12H14ClNO3S/c13-12(15)9-5-7-11(8-6-9)18(16,17)14-10-3-1-2-4-10/h5-8,10,14H,1-4H2. The van der Waals surface area contributed by atoms with Gasteiger partial charge in [0.1, 0.15) is 0 Å². The molecule has 1 aromatic rings. The van der Waals surface area contributed by atoms with Gasteiger partial charge in [-0.15, -0.1) is 0 Å². The molecule has 4 nitrogen and oxygen atoms in total. The molecule has 2 rings (SSSR count). The van der Waals surface area contributed by atoms with Crippen LogP contribution in [-0.4, -0.2) is 19.7 Å². The fourth-order valence-corrected chi connectivity index (χ4v) is 3.53. The molecular formula is C12H14ClNO3S. The third-order valence-corrected chi connectivity index (χ3v) is 4.82. The molecule has 1 fully saturated rings. The first-order valence-electron chi connectivity index (χ1n) is 5.81. The molecule has 1 aromatic carbocycles. The number of sulfonamides is 1. The highest BCUT2D eigenvalue weighted by Gasteiger charge is 2.22. The highest BCUT2D eigenvalue weighted by Crippen LogP contribution is 2.20. The van der Waals surface area contributed by atoms with Crippen molar-refractivity contribution < 1.29 is 13.2 Å².